The molecule has 4 aromatic carbocycles. The molecular weight excluding hydrogens is 671 g/mol. The van der Waals surface area contributed by atoms with Crippen LogP contribution in [0, 0.1) is 10.1 Å². The molecule has 0 saturated carbocycles. The van der Waals surface area contributed by atoms with Gasteiger partial charge in [-0.2, -0.15) is 0 Å². The fourth-order valence-corrected chi connectivity index (χ4v) is 9.21. The van der Waals surface area contributed by atoms with Gasteiger partial charge in [0.2, 0.25) is 0 Å². The molecule has 1 aliphatic heterocycles. The van der Waals surface area contributed by atoms with Crippen molar-refractivity contribution < 1.29 is 23.9 Å². The van der Waals surface area contributed by atoms with Crippen molar-refractivity contribution in [2.24, 2.45) is 0 Å². The smallest absolute Gasteiger partial charge is 0.287 e. The van der Waals surface area contributed by atoms with Crippen molar-refractivity contribution in [1.29, 1.82) is 0 Å². The molecule has 0 spiro atoms. The van der Waals surface area contributed by atoms with Crippen LogP contribution in [0.3, 0.4) is 0 Å². The number of hydrogen-bond acceptors (Lipinski definition) is 10. The quantitative estimate of drug-likeness (QED) is 0.0870. The average Bonchev–Trinajstić information content (AvgIpc) is 3.06. The maximum absolute atomic E-state index is 12.5. The summed E-state index contributed by atoms with van der Waals surface area (Å²) < 4.78 is 25.7. The summed E-state index contributed by atoms with van der Waals surface area (Å²) in [5.74, 6) is 2.75. The van der Waals surface area contributed by atoms with Crippen LogP contribution in [-0.4, -0.2) is 31.4 Å². The van der Waals surface area contributed by atoms with E-state index in [-0.39, 0.29) is 10.6 Å². The van der Waals surface area contributed by atoms with E-state index in [1.807, 2.05) is 37.3 Å². The zero-order valence-corrected chi connectivity index (χ0v) is 30.3. The molecule has 11 heteroatoms. The van der Waals surface area contributed by atoms with E-state index in [1.165, 1.54) is 23.5 Å². The van der Waals surface area contributed by atoms with Crippen molar-refractivity contribution >= 4 is 52.7 Å². The number of rotatable bonds is 13. The van der Waals surface area contributed by atoms with Gasteiger partial charge in [0.05, 0.1) is 65.6 Å². The second kappa shape index (κ2) is 17.3. The van der Waals surface area contributed by atoms with Crippen LogP contribution >= 0.6 is 47.0 Å². The van der Waals surface area contributed by atoms with E-state index in [2.05, 4.69) is 45.0 Å². The van der Waals surface area contributed by atoms with Crippen molar-refractivity contribution in [3.05, 3.63) is 76.8 Å². The molecule has 0 amide bonds. The molecular formula is C36H39NO6S4. The third-order valence-electron chi connectivity index (χ3n) is 6.75. The minimum absolute atomic E-state index is 0.0132. The molecule has 7 nitrogen and oxygen atoms in total. The zero-order valence-electron chi connectivity index (χ0n) is 27.0. The summed E-state index contributed by atoms with van der Waals surface area (Å²) in [6.07, 6.45) is 3.29. The van der Waals surface area contributed by atoms with Crippen molar-refractivity contribution in [3.8, 4) is 23.0 Å². The van der Waals surface area contributed by atoms with Gasteiger partial charge >= 0.3 is 0 Å². The minimum Gasteiger partial charge on any atom is -0.491 e. The third kappa shape index (κ3) is 8.49. The molecule has 0 aliphatic carbocycles. The predicted molar refractivity (Wildman–Crippen MR) is 192 cm³/mol. The summed E-state index contributed by atoms with van der Waals surface area (Å²) in [6.45, 7) is 10.3. The van der Waals surface area contributed by atoms with Crippen LogP contribution in [0.25, 0.3) is 0 Å². The highest BCUT2D eigenvalue weighted by molar-refractivity contribution is 8.01. The minimum atomic E-state index is -0.338. The molecule has 5 rings (SSSR count). The van der Waals surface area contributed by atoms with Gasteiger partial charge in [-0.05, 0) is 68.1 Å². The van der Waals surface area contributed by atoms with Crippen molar-refractivity contribution in [3.63, 3.8) is 0 Å². The molecule has 1 heterocycles. The molecule has 0 saturated heterocycles. The van der Waals surface area contributed by atoms with E-state index in [4.69, 9.17) is 18.9 Å². The Balaban J connectivity index is 1.80. The van der Waals surface area contributed by atoms with Gasteiger partial charge in [-0.25, -0.2) is 0 Å². The maximum Gasteiger partial charge on any atom is 0.287 e. The molecule has 47 heavy (non-hydrogen) atoms. The van der Waals surface area contributed by atoms with E-state index in [1.54, 1.807) is 35.7 Å². The largest absolute Gasteiger partial charge is 0.491 e. The summed E-state index contributed by atoms with van der Waals surface area (Å²) in [5, 5.41) is 12.5. The van der Waals surface area contributed by atoms with E-state index in [0.29, 0.717) is 42.8 Å². The first-order valence-corrected chi connectivity index (χ1v) is 19.2. The molecule has 0 fully saturated rings. The fraction of sp³-hybridized carbons (Fsp3) is 0.333. The van der Waals surface area contributed by atoms with Gasteiger partial charge < -0.3 is 18.9 Å². The summed E-state index contributed by atoms with van der Waals surface area (Å²) in [6, 6.07) is 21.6. The number of hydrogen-bond donors (Lipinski definition) is 0. The van der Waals surface area contributed by atoms with E-state index in [9.17, 15) is 10.1 Å². The van der Waals surface area contributed by atoms with Crippen LogP contribution in [0.15, 0.2) is 106 Å². The highest BCUT2D eigenvalue weighted by atomic mass is 32.2. The van der Waals surface area contributed by atoms with Gasteiger partial charge in [0.1, 0.15) is 22.1 Å². The second-order valence-electron chi connectivity index (χ2n) is 10.6. The second-order valence-corrected chi connectivity index (χ2v) is 14.9. The topological polar surface area (TPSA) is 80.1 Å². The number of benzene rings is 4. The lowest BCUT2D eigenvalue weighted by molar-refractivity contribution is -0.387. The Hall–Kier alpha value is -3.12. The predicted octanol–water partition coefficient (Wildman–Crippen LogP) is 11.7. The first kappa shape index (κ1) is 35.2. The Kier molecular flexibility index (Phi) is 13.0. The lowest BCUT2D eigenvalue weighted by atomic mass is 10.3. The normalized spacial score (nSPS) is 12.3. The standard InChI is InChI=1S/C36H39NO6S4/c1-5-20-40-32-25-12-9-13-26(32)45-29-16-11-17-30(34(29)42-22-7-3)47-36-24(37(38)39)18-19-31(35(36)43-23-8-4)46-28-15-10-14-27(44-25)33(28)41-21-6-2/h9-19H,5-8,20-23H2,1-4H3. The van der Waals surface area contributed by atoms with Crippen molar-refractivity contribution in [1.82, 2.24) is 0 Å². The summed E-state index contributed by atoms with van der Waals surface area (Å²) in [7, 11) is 0. The molecule has 248 valence electrons. The number of fused-ring (bicyclic) bond motifs is 8. The first-order valence-electron chi connectivity index (χ1n) is 15.9. The van der Waals surface area contributed by atoms with Gasteiger partial charge in [0.25, 0.3) is 5.69 Å². The number of nitro benzene ring substituents is 1. The maximum atomic E-state index is 12.5. The van der Waals surface area contributed by atoms with Gasteiger partial charge in [0.15, 0.2) is 5.75 Å². The molecule has 8 bridgehead atoms. The Morgan fingerprint density at radius 2 is 0.809 bits per heavy atom. The summed E-state index contributed by atoms with van der Waals surface area (Å²) in [4.78, 5) is 18.8. The highest BCUT2D eigenvalue weighted by Gasteiger charge is 2.28. The Bertz CT molecular complexity index is 1700. The SMILES string of the molecule is CCCOc1c2cccc1Sc1cccc(c1OCCC)Sc1c([N+](=O)[O-])ccc(c1OCCC)Sc1cccc(c1OCCC)S2. The van der Waals surface area contributed by atoms with E-state index in [0.717, 1.165) is 71.5 Å². The number of nitrogens with zero attached hydrogens (tertiary/aromatic N) is 1. The fourth-order valence-electron chi connectivity index (χ4n) is 4.67. The van der Waals surface area contributed by atoms with Crippen molar-refractivity contribution in [2.45, 2.75) is 92.5 Å². The van der Waals surface area contributed by atoms with Crippen LogP contribution in [-0.2, 0) is 0 Å². The number of ether oxygens (including phenoxy) is 4. The average molecular weight is 710 g/mol. The Morgan fingerprint density at radius 3 is 1.15 bits per heavy atom. The molecule has 0 N–H and O–H groups in total. The zero-order chi connectivity index (χ0) is 33.2. The van der Waals surface area contributed by atoms with Gasteiger partial charge in [-0.1, -0.05) is 92.9 Å². The number of nitro groups is 1. The lowest BCUT2D eigenvalue weighted by Crippen LogP contribution is -2.03. The third-order valence-corrected chi connectivity index (χ3v) is 11.1. The Morgan fingerprint density at radius 1 is 0.489 bits per heavy atom. The van der Waals surface area contributed by atoms with Crippen molar-refractivity contribution in [2.75, 3.05) is 26.4 Å². The van der Waals surface area contributed by atoms with E-state index >= 15 is 0 Å². The summed E-state index contributed by atoms with van der Waals surface area (Å²) >= 11 is 6.00. The molecule has 1 aliphatic rings. The lowest BCUT2D eigenvalue weighted by Gasteiger charge is -2.21. The van der Waals surface area contributed by atoms with Crippen LogP contribution in [0.5, 0.6) is 23.0 Å². The molecule has 4 aromatic rings. The molecule has 0 radical (unpaired) electrons. The van der Waals surface area contributed by atoms with Crippen LogP contribution in [0.1, 0.15) is 53.4 Å². The van der Waals surface area contributed by atoms with Gasteiger partial charge in [-0.15, -0.1) is 0 Å². The molecule has 0 unspecified atom stereocenters. The van der Waals surface area contributed by atoms with Gasteiger partial charge in [-0.3, -0.25) is 10.1 Å². The summed E-state index contributed by atoms with van der Waals surface area (Å²) in [5.41, 5.74) is -0.0132. The van der Waals surface area contributed by atoms with Crippen LogP contribution in [0.4, 0.5) is 5.69 Å². The monoisotopic (exact) mass is 709 g/mol. The first-order chi connectivity index (χ1) is 23.0. The van der Waals surface area contributed by atoms with Gasteiger partial charge in [0, 0.05) is 6.07 Å². The van der Waals surface area contributed by atoms with Crippen LogP contribution in [0.2, 0.25) is 0 Å². The molecule has 0 atom stereocenters. The Labute approximate surface area is 294 Å². The molecule has 0 aromatic heterocycles. The highest BCUT2D eigenvalue weighted by Crippen LogP contribution is 2.55. The van der Waals surface area contributed by atoms with Crippen LogP contribution < -0.4 is 18.9 Å². The van der Waals surface area contributed by atoms with E-state index < -0.39 is 0 Å². The number of para-hydroxylation sites is 3.